The fourth-order valence-corrected chi connectivity index (χ4v) is 1.54. The van der Waals surface area contributed by atoms with Crippen LogP contribution in [0.1, 0.15) is 10.4 Å². The monoisotopic (exact) mass is 277 g/mol. The van der Waals surface area contributed by atoms with Crippen molar-refractivity contribution in [1.82, 2.24) is 4.98 Å². The van der Waals surface area contributed by atoms with Crippen LogP contribution in [0.4, 0.5) is 21.6 Å². The molecule has 0 saturated carbocycles. The summed E-state index contributed by atoms with van der Waals surface area (Å²) in [7, 11) is 0. The minimum absolute atomic E-state index is 0.0556. The second kappa shape index (κ2) is 5.31. The molecule has 0 aliphatic heterocycles. The van der Waals surface area contributed by atoms with Gasteiger partial charge in [0.1, 0.15) is 5.82 Å². The Balaban J connectivity index is 2.34. The van der Waals surface area contributed by atoms with Gasteiger partial charge in [0.05, 0.1) is 10.5 Å². The highest BCUT2D eigenvalue weighted by Gasteiger charge is 2.15. The van der Waals surface area contributed by atoms with Crippen LogP contribution in [0.15, 0.2) is 36.5 Å². The molecule has 102 valence electrons. The molecule has 7 nitrogen and oxygen atoms in total. The van der Waals surface area contributed by atoms with E-state index >= 15 is 0 Å². The molecule has 0 radical (unpaired) electrons. The number of nitro groups is 1. The number of carboxylic acid groups (broad SMARTS) is 1. The van der Waals surface area contributed by atoms with Crippen molar-refractivity contribution < 1.29 is 19.2 Å². The number of aromatic carboxylic acids is 1. The van der Waals surface area contributed by atoms with E-state index in [1.807, 2.05) is 0 Å². The number of benzene rings is 1. The zero-order valence-corrected chi connectivity index (χ0v) is 9.91. The molecule has 1 aromatic carbocycles. The summed E-state index contributed by atoms with van der Waals surface area (Å²) in [5, 5.41) is 22.1. The number of hydrogen-bond acceptors (Lipinski definition) is 5. The van der Waals surface area contributed by atoms with E-state index in [9.17, 15) is 19.3 Å². The van der Waals surface area contributed by atoms with Crippen LogP contribution in [0.3, 0.4) is 0 Å². The fraction of sp³-hybridized carbons (Fsp3) is 0. The summed E-state index contributed by atoms with van der Waals surface area (Å²) in [6.07, 6.45) is 1.34. The highest BCUT2D eigenvalue weighted by atomic mass is 19.1. The van der Waals surface area contributed by atoms with Crippen LogP contribution in [-0.4, -0.2) is 21.0 Å². The predicted molar refractivity (Wildman–Crippen MR) is 67.5 cm³/mol. The average Bonchev–Trinajstić information content (AvgIpc) is 2.38. The Kier molecular flexibility index (Phi) is 3.56. The molecule has 0 spiro atoms. The van der Waals surface area contributed by atoms with Gasteiger partial charge in [0.2, 0.25) is 5.82 Å². The Morgan fingerprint density at radius 2 is 2.15 bits per heavy atom. The zero-order chi connectivity index (χ0) is 14.7. The molecule has 2 aromatic rings. The van der Waals surface area contributed by atoms with E-state index in [4.69, 9.17) is 5.11 Å². The van der Waals surface area contributed by atoms with Crippen molar-refractivity contribution in [2.45, 2.75) is 0 Å². The van der Waals surface area contributed by atoms with Gasteiger partial charge in [-0.1, -0.05) is 0 Å². The maximum atomic E-state index is 13.5. The minimum Gasteiger partial charge on any atom is -0.478 e. The Hall–Kier alpha value is -3.03. The van der Waals surface area contributed by atoms with Gasteiger partial charge in [-0.3, -0.25) is 10.1 Å². The number of rotatable bonds is 4. The predicted octanol–water partition coefficient (Wildman–Crippen LogP) is 2.57. The number of nitrogens with one attached hydrogen (secondary N) is 1. The van der Waals surface area contributed by atoms with Gasteiger partial charge >= 0.3 is 11.7 Å². The molecule has 0 aliphatic rings. The standard InChI is InChI=1S/C12H8FN3O4/c13-9-6-7(3-4-8(9)12(17)18)15-11-10(16(19)20)2-1-5-14-11/h1-6H,(H,14,15)(H,17,18). The van der Waals surface area contributed by atoms with Gasteiger partial charge in [-0.25, -0.2) is 14.2 Å². The van der Waals surface area contributed by atoms with Crippen molar-refractivity contribution in [1.29, 1.82) is 0 Å². The molecule has 8 heteroatoms. The normalized spacial score (nSPS) is 10.1. The number of carbonyl (C=O) groups is 1. The quantitative estimate of drug-likeness (QED) is 0.657. The number of anilines is 2. The van der Waals surface area contributed by atoms with Crippen molar-refractivity contribution in [3.8, 4) is 0 Å². The van der Waals surface area contributed by atoms with Crippen LogP contribution in [0.5, 0.6) is 0 Å². The maximum absolute atomic E-state index is 13.5. The Bertz CT molecular complexity index is 690. The summed E-state index contributed by atoms with van der Waals surface area (Å²) in [5.41, 5.74) is -0.587. The highest BCUT2D eigenvalue weighted by molar-refractivity contribution is 5.88. The van der Waals surface area contributed by atoms with Crippen molar-refractivity contribution in [3.63, 3.8) is 0 Å². The van der Waals surface area contributed by atoms with Gasteiger partial charge in [0, 0.05) is 18.0 Å². The van der Waals surface area contributed by atoms with Gasteiger partial charge < -0.3 is 10.4 Å². The topological polar surface area (TPSA) is 105 Å². The van der Waals surface area contributed by atoms with Crippen LogP contribution >= 0.6 is 0 Å². The highest BCUT2D eigenvalue weighted by Crippen LogP contribution is 2.25. The Morgan fingerprint density at radius 3 is 2.75 bits per heavy atom. The van der Waals surface area contributed by atoms with Gasteiger partial charge in [-0.15, -0.1) is 0 Å². The summed E-state index contributed by atoms with van der Waals surface area (Å²) < 4.78 is 13.5. The Morgan fingerprint density at radius 1 is 1.40 bits per heavy atom. The van der Waals surface area contributed by atoms with Crippen LogP contribution in [0.25, 0.3) is 0 Å². The number of nitrogens with zero attached hydrogens (tertiary/aromatic N) is 2. The van der Waals surface area contributed by atoms with Crippen molar-refractivity contribution >= 4 is 23.2 Å². The summed E-state index contributed by atoms with van der Waals surface area (Å²) in [4.78, 5) is 24.6. The third-order valence-corrected chi connectivity index (χ3v) is 2.45. The fourth-order valence-electron chi connectivity index (χ4n) is 1.54. The smallest absolute Gasteiger partial charge is 0.338 e. The van der Waals surface area contributed by atoms with E-state index in [1.54, 1.807) is 0 Å². The average molecular weight is 277 g/mol. The maximum Gasteiger partial charge on any atom is 0.338 e. The lowest BCUT2D eigenvalue weighted by atomic mass is 10.2. The molecule has 1 aromatic heterocycles. The molecule has 2 N–H and O–H groups in total. The summed E-state index contributed by atoms with van der Waals surface area (Å²) in [5.74, 6) is -2.39. The molecule has 0 amide bonds. The largest absolute Gasteiger partial charge is 0.478 e. The molecule has 1 heterocycles. The van der Waals surface area contributed by atoms with Crippen molar-refractivity contribution in [2.24, 2.45) is 0 Å². The molecular formula is C12H8FN3O4. The zero-order valence-electron chi connectivity index (χ0n) is 9.91. The first kappa shape index (κ1) is 13.4. The minimum atomic E-state index is -1.39. The van der Waals surface area contributed by atoms with Gasteiger partial charge in [0.25, 0.3) is 0 Å². The van der Waals surface area contributed by atoms with E-state index in [2.05, 4.69) is 10.3 Å². The summed E-state index contributed by atoms with van der Waals surface area (Å²) in [6, 6.07) is 5.94. The van der Waals surface area contributed by atoms with E-state index in [0.29, 0.717) is 0 Å². The molecular weight excluding hydrogens is 269 g/mol. The molecule has 2 rings (SSSR count). The van der Waals surface area contributed by atoms with Crippen molar-refractivity contribution in [3.05, 3.63) is 58.0 Å². The van der Waals surface area contributed by atoms with Crippen LogP contribution in [0, 0.1) is 15.9 Å². The first-order valence-electron chi connectivity index (χ1n) is 5.38. The second-order valence-corrected chi connectivity index (χ2v) is 3.75. The lowest BCUT2D eigenvalue weighted by Gasteiger charge is -2.06. The van der Waals surface area contributed by atoms with Crippen LogP contribution in [0.2, 0.25) is 0 Å². The van der Waals surface area contributed by atoms with Gasteiger partial charge in [-0.05, 0) is 24.3 Å². The molecule has 0 aliphatic carbocycles. The first-order chi connectivity index (χ1) is 9.49. The molecule has 0 atom stereocenters. The van der Waals surface area contributed by atoms with E-state index in [0.717, 1.165) is 12.1 Å². The number of carboxylic acids is 1. The van der Waals surface area contributed by atoms with E-state index < -0.39 is 22.3 Å². The first-order valence-corrected chi connectivity index (χ1v) is 5.38. The van der Waals surface area contributed by atoms with Crippen LogP contribution in [-0.2, 0) is 0 Å². The van der Waals surface area contributed by atoms with E-state index in [1.165, 1.54) is 24.4 Å². The second-order valence-electron chi connectivity index (χ2n) is 3.75. The summed E-state index contributed by atoms with van der Waals surface area (Å²) in [6.45, 7) is 0. The number of halogens is 1. The van der Waals surface area contributed by atoms with Crippen LogP contribution < -0.4 is 5.32 Å². The number of aromatic nitrogens is 1. The molecule has 0 bridgehead atoms. The van der Waals surface area contributed by atoms with Crippen molar-refractivity contribution in [2.75, 3.05) is 5.32 Å². The third kappa shape index (κ3) is 2.69. The van der Waals surface area contributed by atoms with Gasteiger partial charge in [-0.2, -0.15) is 0 Å². The Labute approximate surface area is 111 Å². The third-order valence-electron chi connectivity index (χ3n) is 2.45. The molecule has 0 saturated heterocycles. The lowest BCUT2D eigenvalue weighted by Crippen LogP contribution is -2.03. The number of hydrogen-bond donors (Lipinski definition) is 2. The SMILES string of the molecule is O=C(O)c1ccc(Nc2ncccc2[N+](=O)[O-])cc1F. The molecule has 0 unspecified atom stereocenters. The van der Waals surface area contributed by atoms with E-state index in [-0.39, 0.29) is 17.2 Å². The van der Waals surface area contributed by atoms with Gasteiger partial charge in [0.15, 0.2) is 0 Å². The lowest BCUT2D eigenvalue weighted by molar-refractivity contribution is -0.384. The number of pyridine rings is 1. The molecule has 0 fully saturated rings. The molecule has 20 heavy (non-hydrogen) atoms. The summed E-state index contributed by atoms with van der Waals surface area (Å²) >= 11 is 0.